The van der Waals surface area contributed by atoms with Gasteiger partial charge in [0.25, 0.3) is 0 Å². The van der Waals surface area contributed by atoms with Crippen LogP contribution in [0.15, 0.2) is 24.5 Å². The van der Waals surface area contributed by atoms with Crippen LogP contribution in [0.1, 0.15) is 22.3 Å². The first-order valence-corrected chi connectivity index (χ1v) is 5.33. The molecule has 0 spiro atoms. The molecular weight excluding hydrogens is 244 g/mol. The van der Waals surface area contributed by atoms with E-state index in [2.05, 4.69) is 20.9 Å². The normalized spacial score (nSPS) is 10.6. The molecule has 1 aromatic rings. The molecule has 2 N–H and O–H groups in total. The zero-order valence-corrected chi connectivity index (χ0v) is 9.20. The molecule has 3 nitrogen and oxygen atoms in total. The van der Waals surface area contributed by atoms with E-state index in [0.29, 0.717) is 5.56 Å². The number of amides is 1. The van der Waals surface area contributed by atoms with Crippen LogP contribution in [0, 0.1) is 0 Å². The van der Waals surface area contributed by atoms with Crippen LogP contribution in [0.3, 0.4) is 0 Å². The molecule has 0 aliphatic rings. The maximum Gasteiger partial charge on any atom is 0.250 e. The van der Waals surface area contributed by atoms with Crippen LogP contribution in [0.2, 0.25) is 0 Å². The van der Waals surface area contributed by atoms with E-state index in [9.17, 15) is 4.79 Å². The quantitative estimate of drug-likeness (QED) is 0.836. The maximum atomic E-state index is 10.8. The smallest absolute Gasteiger partial charge is 0.250 e. The van der Waals surface area contributed by atoms with E-state index in [-0.39, 0.29) is 0 Å². The minimum Gasteiger partial charge on any atom is -0.366 e. The highest BCUT2D eigenvalue weighted by atomic mass is 79.9. The molecule has 1 heterocycles. The van der Waals surface area contributed by atoms with Crippen molar-refractivity contribution in [3.8, 4) is 0 Å². The molecule has 1 rings (SSSR count). The van der Waals surface area contributed by atoms with Crippen LogP contribution in [-0.2, 0) is 0 Å². The first-order chi connectivity index (χ1) is 6.74. The molecule has 1 amide bonds. The van der Waals surface area contributed by atoms with Crippen LogP contribution < -0.4 is 5.73 Å². The van der Waals surface area contributed by atoms with Gasteiger partial charge in [0, 0.05) is 17.7 Å². The second-order valence-electron chi connectivity index (χ2n) is 2.75. The first kappa shape index (κ1) is 10.9. The van der Waals surface area contributed by atoms with Gasteiger partial charge in [0.1, 0.15) is 0 Å². The lowest BCUT2D eigenvalue weighted by atomic mass is 10.2. The predicted molar refractivity (Wildman–Crippen MR) is 60.2 cm³/mol. The summed E-state index contributed by atoms with van der Waals surface area (Å²) in [7, 11) is 0. The molecule has 74 valence electrons. The molecule has 0 saturated carbocycles. The number of alkyl halides is 1. The largest absolute Gasteiger partial charge is 0.366 e. The first-order valence-electron chi connectivity index (χ1n) is 4.21. The van der Waals surface area contributed by atoms with Gasteiger partial charge in [0.05, 0.1) is 5.56 Å². The highest BCUT2D eigenvalue weighted by Crippen LogP contribution is 2.05. The molecule has 0 fully saturated rings. The number of rotatable bonds is 4. The Bertz CT molecular complexity index is 350. The van der Waals surface area contributed by atoms with Crippen LogP contribution in [0.4, 0.5) is 0 Å². The number of halogens is 1. The van der Waals surface area contributed by atoms with E-state index in [1.54, 1.807) is 12.3 Å². The van der Waals surface area contributed by atoms with Gasteiger partial charge in [0.15, 0.2) is 0 Å². The molecule has 0 bridgehead atoms. The van der Waals surface area contributed by atoms with Gasteiger partial charge in [-0.25, -0.2) is 0 Å². The average molecular weight is 255 g/mol. The summed E-state index contributed by atoms with van der Waals surface area (Å²) < 4.78 is 0. The topological polar surface area (TPSA) is 56.0 Å². The summed E-state index contributed by atoms with van der Waals surface area (Å²) in [4.78, 5) is 14.8. The Hall–Kier alpha value is -1.16. The Kier molecular flexibility index (Phi) is 4.32. The van der Waals surface area contributed by atoms with Gasteiger partial charge in [-0.2, -0.15) is 0 Å². The van der Waals surface area contributed by atoms with Gasteiger partial charge in [-0.05, 0) is 18.1 Å². The van der Waals surface area contributed by atoms with Crippen LogP contribution in [0.5, 0.6) is 0 Å². The molecule has 0 atom stereocenters. The van der Waals surface area contributed by atoms with Crippen molar-refractivity contribution in [3.05, 3.63) is 35.7 Å². The summed E-state index contributed by atoms with van der Waals surface area (Å²) in [5.41, 5.74) is 6.45. The number of allylic oxidation sites excluding steroid dienone is 1. The average Bonchev–Trinajstić information content (AvgIpc) is 2.19. The Morgan fingerprint density at radius 2 is 2.36 bits per heavy atom. The van der Waals surface area contributed by atoms with Crippen molar-refractivity contribution >= 4 is 27.9 Å². The predicted octanol–water partition coefficient (Wildman–Crippen LogP) is 1.98. The van der Waals surface area contributed by atoms with Crippen LogP contribution in [0.25, 0.3) is 6.08 Å². The second kappa shape index (κ2) is 5.54. The summed E-state index contributed by atoms with van der Waals surface area (Å²) in [6.45, 7) is 0. The number of carbonyl (C=O) groups excluding carboxylic acids is 1. The summed E-state index contributed by atoms with van der Waals surface area (Å²) in [6.07, 6.45) is 8.03. The third-order valence-corrected chi connectivity index (χ3v) is 2.09. The number of nitrogens with two attached hydrogens (primary N) is 1. The van der Waals surface area contributed by atoms with E-state index in [4.69, 9.17) is 5.73 Å². The monoisotopic (exact) mass is 254 g/mol. The number of nitrogens with zero attached hydrogens (tertiary/aromatic N) is 1. The Labute approximate surface area is 91.2 Å². The van der Waals surface area contributed by atoms with Crippen molar-refractivity contribution in [2.45, 2.75) is 6.42 Å². The Balaban J connectivity index is 2.78. The summed E-state index contributed by atoms with van der Waals surface area (Å²) >= 11 is 3.32. The number of hydrogen-bond acceptors (Lipinski definition) is 2. The number of pyridine rings is 1. The highest BCUT2D eigenvalue weighted by molar-refractivity contribution is 9.09. The minimum absolute atomic E-state index is 0.436. The minimum atomic E-state index is -0.451. The summed E-state index contributed by atoms with van der Waals surface area (Å²) in [6, 6.07) is 1.72. The standard InChI is InChI=1S/C10H11BrN2O/c11-4-2-1-3-8-5-9(10(12)14)7-13-6-8/h1,3,5-7H,2,4H2,(H2,12,14). The summed E-state index contributed by atoms with van der Waals surface area (Å²) in [5, 5.41) is 0.923. The zero-order chi connectivity index (χ0) is 10.4. The lowest BCUT2D eigenvalue weighted by Gasteiger charge is -1.96. The molecule has 0 saturated heterocycles. The molecule has 0 aliphatic heterocycles. The van der Waals surface area contributed by atoms with Crippen molar-refractivity contribution in [2.75, 3.05) is 5.33 Å². The van der Waals surface area contributed by atoms with E-state index >= 15 is 0 Å². The van der Waals surface area contributed by atoms with Crippen molar-refractivity contribution in [2.24, 2.45) is 5.73 Å². The molecule has 1 aromatic heterocycles. The fraction of sp³-hybridized carbons (Fsp3) is 0.200. The fourth-order valence-corrected chi connectivity index (χ4v) is 1.23. The van der Waals surface area contributed by atoms with Gasteiger partial charge >= 0.3 is 0 Å². The van der Waals surface area contributed by atoms with Gasteiger partial charge in [0.2, 0.25) is 5.91 Å². The molecule has 14 heavy (non-hydrogen) atoms. The SMILES string of the molecule is NC(=O)c1cncc(C=CCCBr)c1. The molecule has 0 aromatic carbocycles. The van der Waals surface area contributed by atoms with Crippen molar-refractivity contribution in [1.82, 2.24) is 4.98 Å². The zero-order valence-electron chi connectivity index (χ0n) is 7.61. The van der Waals surface area contributed by atoms with Crippen LogP contribution >= 0.6 is 15.9 Å². The Morgan fingerprint density at radius 3 is 3.00 bits per heavy atom. The van der Waals surface area contributed by atoms with Crippen molar-refractivity contribution in [1.29, 1.82) is 0 Å². The lowest BCUT2D eigenvalue weighted by Crippen LogP contribution is -2.11. The molecular formula is C10H11BrN2O. The van der Waals surface area contributed by atoms with Gasteiger partial charge in [-0.15, -0.1) is 0 Å². The van der Waals surface area contributed by atoms with E-state index in [1.807, 2.05) is 12.2 Å². The van der Waals surface area contributed by atoms with Gasteiger partial charge in [-0.1, -0.05) is 28.1 Å². The van der Waals surface area contributed by atoms with E-state index < -0.39 is 5.91 Å². The molecule has 0 radical (unpaired) electrons. The lowest BCUT2D eigenvalue weighted by molar-refractivity contribution is 0.1000. The van der Waals surface area contributed by atoms with E-state index in [1.165, 1.54) is 6.20 Å². The third kappa shape index (κ3) is 3.30. The number of aromatic nitrogens is 1. The fourth-order valence-electron chi connectivity index (χ4n) is 0.966. The van der Waals surface area contributed by atoms with Crippen molar-refractivity contribution < 1.29 is 4.79 Å². The molecule has 0 unspecified atom stereocenters. The molecule has 0 aliphatic carbocycles. The number of carbonyl (C=O) groups is 1. The van der Waals surface area contributed by atoms with Gasteiger partial charge in [-0.3, -0.25) is 9.78 Å². The molecule has 4 heteroatoms. The Morgan fingerprint density at radius 1 is 1.57 bits per heavy atom. The van der Waals surface area contributed by atoms with Gasteiger partial charge < -0.3 is 5.73 Å². The van der Waals surface area contributed by atoms with Crippen LogP contribution in [-0.4, -0.2) is 16.2 Å². The highest BCUT2D eigenvalue weighted by Gasteiger charge is 1.99. The van der Waals surface area contributed by atoms with E-state index in [0.717, 1.165) is 17.3 Å². The van der Waals surface area contributed by atoms with Crippen molar-refractivity contribution in [3.63, 3.8) is 0 Å². The number of hydrogen-bond donors (Lipinski definition) is 1. The third-order valence-electron chi connectivity index (χ3n) is 1.63. The number of primary amides is 1. The second-order valence-corrected chi connectivity index (χ2v) is 3.54. The maximum absolute atomic E-state index is 10.8. The summed E-state index contributed by atoms with van der Waals surface area (Å²) in [5.74, 6) is -0.451.